The Morgan fingerprint density at radius 2 is 1.90 bits per heavy atom. The molecule has 2 aliphatic rings. The molecule has 30 heavy (non-hydrogen) atoms. The number of unbranched alkanes of at least 4 members (excludes halogenated alkanes) is 1. The predicted molar refractivity (Wildman–Crippen MR) is 121 cm³/mol. The molecule has 0 saturated carbocycles. The van der Waals surface area contributed by atoms with Gasteiger partial charge >= 0.3 is 0 Å². The number of amides is 1. The molecule has 2 fully saturated rings. The molecular weight excluding hydrogens is 376 g/mol. The number of nitrogens with one attached hydrogen (secondary N) is 1. The number of benzene rings is 1. The van der Waals surface area contributed by atoms with Gasteiger partial charge < -0.3 is 14.6 Å². The highest BCUT2D eigenvalue weighted by Gasteiger charge is 2.31. The van der Waals surface area contributed by atoms with E-state index in [-0.39, 0.29) is 11.9 Å². The maximum Gasteiger partial charge on any atom is 0.299 e. The maximum atomic E-state index is 12.9. The molecule has 3 heterocycles. The normalized spacial score (nSPS) is 25.5. The number of para-hydroxylation sites is 2. The van der Waals surface area contributed by atoms with Crippen LogP contribution in [0.5, 0.6) is 0 Å². The molecule has 1 aromatic heterocycles. The van der Waals surface area contributed by atoms with Crippen molar-refractivity contribution in [3.63, 3.8) is 0 Å². The van der Waals surface area contributed by atoms with Gasteiger partial charge in [-0.3, -0.25) is 9.69 Å². The van der Waals surface area contributed by atoms with Gasteiger partial charge in [-0.05, 0) is 77.5 Å². The molecule has 1 aromatic carbocycles. The summed E-state index contributed by atoms with van der Waals surface area (Å²) in [6.07, 6.45) is 9.13. The van der Waals surface area contributed by atoms with Gasteiger partial charge in [-0.1, -0.05) is 18.6 Å². The number of fused-ring (bicyclic) bond motifs is 1. The number of aromatic nitrogens is 1. The third kappa shape index (κ3) is 4.80. The van der Waals surface area contributed by atoms with Crippen molar-refractivity contribution >= 4 is 23.0 Å². The van der Waals surface area contributed by atoms with Crippen LogP contribution in [0, 0.1) is 0 Å². The summed E-state index contributed by atoms with van der Waals surface area (Å²) < 4.78 is 5.95. The number of hydrogen-bond donors (Lipinski definition) is 1. The molecule has 3 atom stereocenters. The van der Waals surface area contributed by atoms with E-state index in [1.165, 1.54) is 19.3 Å². The molecule has 1 N–H and O–H groups in total. The molecule has 2 aromatic rings. The summed E-state index contributed by atoms with van der Waals surface area (Å²) in [5.41, 5.74) is 1.62. The van der Waals surface area contributed by atoms with Crippen molar-refractivity contribution in [3.8, 4) is 0 Å². The molecule has 2 aliphatic heterocycles. The molecule has 6 nitrogen and oxygen atoms in total. The molecule has 6 heteroatoms. The molecule has 0 radical (unpaired) electrons. The minimum Gasteiger partial charge on any atom is -0.423 e. The van der Waals surface area contributed by atoms with E-state index in [1.807, 2.05) is 24.3 Å². The van der Waals surface area contributed by atoms with Gasteiger partial charge in [0.2, 0.25) is 5.91 Å². The summed E-state index contributed by atoms with van der Waals surface area (Å²) in [5, 5.41) is 3.18. The Hall–Kier alpha value is -2.08. The molecule has 0 bridgehead atoms. The third-order valence-electron chi connectivity index (χ3n) is 6.85. The van der Waals surface area contributed by atoms with Crippen LogP contribution in [0.1, 0.15) is 65.2 Å². The number of oxazole rings is 1. The number of hydrogen-bond acceptors (Lipinski definition) is 5. The second-order valence-corrected chi connectivity index (χ2v) is 9.03. The lowest BCUT2D eigenvalue weighted by atomic mass is 9.97. The minimum atomic E-state index is -0.186. The highest BCUT2D eigenvalue weighted by Crippen LogP contribution is 2.28. The molecule has 2 saturated heterocycles. The second-order valence-electron chi connectivity index (χ2n) is 9.03. The van der Waals surface area contributed by atoms with E-state index in [0.717, 1.165) is 62.8 Å². The number of nitrogens with zero attached hydrogens (tertiary/aromatic N) is 3. The molecule has 1 amide bonds. The summed E-state index contributed by atoms with van der Waals surface area (Å²) in [6.45, 7) is 7.39. The number of carbonyl (C=O) groups is 1. The Morgan fingerprint density at radius 1 is 1.10 bits per heavy atom. The van der Waals surface area contributed by atoms with Crippen molar-refractivity contribution in [1.29, 1.82) is 0 Å². The zero-order valence-electron chi connectivity index (χ0n) is 18.5. The SMILES string of the molecule is C[C@H]1CCC[C@H](C)N1CCCCNC(=O)[C@@H]1CCCCN1c1nc2ccccc2o1. The average molecular weight is 413 g/mol. The number of rotatable bonds is 7. The van der Waals surface area contributed by atoms with E-state index in [2.05, 4.69) is 33.9 Å². The summed E-state index contributed by atoms with van der Waals surface area (Å²) in [7, 11) is 0. The van der Waals surface area contributed by atoms with Gasteiger partial charge in [0.1, 0.15) is 11.6 Å². The van der Waals surface area contributed by atoms with Crippen LogP contribution < -0.4 is 10.2 Å². The van der Waals surface area contributed by atoms with Crippen LogP contribution in [-0.4, -0.2) is 53.6 Å². The fourth-order valence-electron chi connectivity index (χ4n) is 5.08. The summed E-state index contributed by atoms with van der Waals surface area (Å²) in [5.74, 6) is 0.108. The zero-order valence-corrected chi connectivity index (χ0v) is 18.5. The lowest BCUT2D eigenvalue weighted by molar-refractivity contribution is -0.122. The quantitative estimate of drug-likeness (QED) is 0.685. The third-order valence-corrected chi connectivity index (χ3v) is 6.85. The molecule has 0 unspecified atom stereocenters. The van der Waals surface area contributed by atoms with Crippen molar-refractivity contribution in [2.24, 2.45) is 0 Å². The fourth-order valence-corrected chi connectivity index (χ4v) is 5.08. The summed E-state index contributed by atoms with van der Waals surface area (Å²) in [6, 6.07) is 9.55. The Bertz CT molecular complexity index is 792. The van der Waals surface area contributed by atoms with Crippen LogP contribution in [0.15, 0.2) is 28.7 Å². The molecule has 164 valence electrons. The Labute approximate surface area is 180 Å². The van der Waals surface area contributed by atoms with Crippen LogP contribution in [0.25, 0.3) is 11.1 Å². The Balaban J connectivity index is 1.27. The zero-order chi connectivity index (χ0) is 20.9. The topological polar surface area (TPSA) is 61.6 Å². The molecule has 4 rings (SSSR count). The van der Waals surface area contributed by atoms with Gasteiger partial charge in [-0.25, -0.2) is 0 Å². The smallest absolute Gasteiger partial charge is 0.299 e. The van der Waals surface area contributed by atoms with E-state index in [1.54, 1.807) is 0 Å². The largest absolute Gasteiger partial charge is 0.423 e. The maximum absolute atomic E-state index is 12.9. The molecule has 0 spiro atoms. The van der Waals surface area contributed by atoms with Crippen LogP contribution in [0.4, 0.5) is 6.01 Å². The van der Waals surface area contributed by atoms with E-state index in [4.69, 9.17) is 4.42 Å². The van der Waals surface area contributed by atoms with Gasteiger partial charge in [0.15, 0.2) is 5.58 Å². The minimum absolute atomic E-state index is 0.108. The van der Waals surface area contributed by atoms with Crippen molar-refractivity contribution in [2.45, 2.75) is 83.3 Å². The van der Waals surface area contributed by atoms with E-state index < -0.39 is 0 Å². The number of piperidine rings is 2. The molecular formula is C24H36N4O2. The van der Waals surface area contributed by atoms with Crippen molar-refractivity contribution in [3.05, 3.63) is 24.3 Å². The monoisotopic (exact) mass is 412 g/mol. The number of carbonyl (C=O) groups excluding carboxylic acids is 1. The van der Waals surface area contributed by atoms with Gasteiger partial charge in [-0.15, -0.1) is 0 Å². The number of likely N-dealkylation sites (tertiary alicyclic amines) is 1. The van der Waals surface area contributed by atoms with Gasteiger partial charge in [0.05, 0.1) is 0 Å². The summed E-state index contributed by atoms with van der Waals surface area (Å²) >= 11 is 0. The average Bonchev–Trinajstić information content (AvgIpc) is 3.19. The van der Waals surface area contributed by atoms with Crippen LogP contribution in [0.3, 0.4) is 0 Å². The van der Waals surface area contributed by atoms with E-state index >= 15 is 0 Å². The first-order valence-electron chi connectivity index (χ1n) is 11.8. The fraction of sp³-hybridized carbons (Fsp3) is 0.667. The van der Waals surface area contributed by atoms with Gasteiger partial charge in [0.25, 0.3) is 6.01 Å². The standard InChI is InChI=1S/C24H36N4O2/c1-18-10-9-11-19(2)27(18)16-8-6-15-25-23(29)21-13-5-7-17-28(21)24-26-20-12-3-4-14-22(20)30-24/h3-4,12,14,18-19,21H,5-11,13,15-17H2,1-2H3,(H,25,29)/t18-,19-,21-/m0/s1. The molecule has 0 aliphatic carbocycles. The van der Waals surface area contributed by atoms with Crippen molar-refractivity contribution in [1.82, 2.24) is 15.2 Å². The van der Waals surface area contributed by atoms with E-state index in [9.17, 15) is 4.79 Å². The Morgan fingerprint density at radius 3 is 2.70 bits per heavy atom. The lowest BCUT2D eigenvalue weighted by Crippen LogP contribution is -2.50. The second kappa shape index (κ2) is 9.82. The highest BCUT2D eigenvalue weighted by atomic mass is 16.4. The van der Waals surface area contributed by atoms with E-state index in [0.29, 0.717) is 18.1 Å². The van der Waals surface area contributed by atoms with Gasteiger partial charge in [0, 0.05) is 25.2 Å². The summed E-state index contributed by atoms with van der Waals surface area (Å²) in [4.78, 5) is 22.2. The van der Waals surface area contributed by atoms with Gasteiger partial charge in [-0.2, -0.15) is 4.98 Å². The van der Waals surface area contributed by atoms with Crippen LogP contribution in [0.2, 0.25) is 0 Å². The predicted octanol–water partition coefficient (Wildman–Crippen LogP) is 4.35. The first kappa shape index (κ1) is 21.2. The first-order valence-corrected chi connectivity index (χ1v) is 11.8. The Kier molecular flexibility index (Phi) is 6.93. The first-order chi connectivity index (χ1) is 14.6. The lowest BCUT2D eigenvalue weighted by Gasteiger charge is -2.39. The van der Waals surface area contributed by atoms with Crippen molar-refractivity contribution in [2.75, 3.05) is 24.5 Å². The van der Waals surface area contributed by atoms with Crippen LogP contribution in [-0.2, 0) is 4.79 Å². The number of anilines is 1. The highest BCUT2D eigenvalue weighted by molar-refractivity contribution is 5.85. The van der Waals surface area contributed by atoms with Crippen LogP contribution >= 0.6 is 0 Å². The van der Waals surface area contributed by atoms with Crippen molar-refractivity contribution < 1.29 is 9.21 Å².